The summed E-state index contributed by atoms with van der Waals surface area (Å²) in [6.07, 6.45) is 5.45. The Kier molecular flexibility index (Phi) is 11.0. The molecule has 0 spiro atoms. The monoisotopic (exact) mass is 474 g/mol. The van der Waals surface area contributed by atoms with E-state index in [0.717, 1.165) is 36.4 Å². The van der Waals surface area contributed by atoms with Gasteiger partial charge in [0.1, 0.15) is 5.75 Å². The number of hydrogen-bond acceptors (Lipinski definition) is 3. The van der Waals surface area contributed by atoms with Gasteiger partial charge in [0, 0.05) is 38.3 Å². The lowest BCUT2D eigenvalue weighted by Crippen LogP contribution is -2.42. The van der Waals surface area contributed by atoms with Crippen LogP contribution in [0.25, 0.3) is 0 Å². The first-order valence-corrected chi connectivity index (χ1v) is 9.51. The number of guanidine groups is 1. The van der Waals surface area contributed by atoms with Gasteiger partial charge in [-0.1, -0.05) is 25.0 Å². The van der Waals surface area contributed by atoms with Gasteiger partial charge in [-0.05, 0) is 45.4 Å². The molecule has 0 aliphatic heterocycles. The van der Waals surface area contributed by atoms with Crippen molar-refractivity contribution in [3.8, 4) is 5.75 Å². The summed E-state index contributed by atoms with van der Waals surface area (Å²) >= 11 is 0. The van der Waals surface area contributed by atoms with E-state index in [1.165, 1.54) is 31.2 Å². The Balaban J connectivity index is 0.00000338. The van der Waals surface area contributed by atoms with Crippen molar-refractivity contribution in [3.63, 3.8) is 0 Å². The summed E-state index contributed by atoms with van der Waals surface area (Å²) in [5.41, 5.74) is 2.36. The van der Waals surface area contributed by atoms with Crippen molar-refractivity contribution < 1.29 is 4.74 Å². The van der Waals surface area contributed by atoms with Crippen LogP contribution in [0.15, 0.2) is 23.2 Å². The number of rotatable bonds is 8. The standard InChI is InChI=1S/C20H34N4O.HI/c1-5-25-19-14-16(2)10-11-17(19)15-23-20(21-3)22-12-13-24(4)18-8-6-7-9-18;/h10-11,14,18H,5-9,12-13,15H2,1-4H3,(H2,21,22,23);1H. The van der Waals surface area contributed by atoms with Crippen molar-refractivity contribution in [3.05, 3.63) is 29.3 Å². The molecule has 2 N–H and O–H groups in total. The fourth-order valence-electron chi connectivity index (χ4n) is 3.38. The molecule has 0 radical (unpaired) electrons. The van der Waals surface area contributed by atoms with Crippen molar-refractivity contribution in [2.75, 3.05) is 33.8 Å². The molecule has 0 bridgehead atoms. The molecule has 1 aromatic rings. The summed E-state index contributed by atoms with van der Waals surface area (Å²) < 4.78 is 5.75. The Bertz CT molecular complexity index is 559. The van der Waals surface area contributed by atoms with Crippen LogP contribution in [-0.4, -0.2) is 50.7 Å². The van der Waals surface area contributed by atoms with E-state index in [2.05, 4.69) is 52.7 Å². The molecule has 5 nitrogen and oxygen atoms in total. The van der Waals surface area contributed by atoms with Gasteiger partial charge >= 0.3 is 0 Å². The number of aliphatic imine (C=N–C) groups is 1. The largest absolute Gasteiger partial charge is 0.494 e. The molecule has 6 heteroatoms. The molecule has 2 rings (SSSR count). The highest BCUT2D eigenvalue weighted by Crippen LogP contribution is 2.22. The van der Waals surface area contributed by atoms with E-state index in [1.807, 2.05) is 14.0 Å². The van der Waals surface area contributed by atoms with E-state index in [1.54, 1.807) is 0 Å². The minimum atomic E-state index is 0. The lowest BCUT2D eigenvalue weighted by molar-refractivity contribution is 0.249. The molecular weight excluding hydrogens is 439 g/mol. The molecule has 26 heavy (non-hydrogen) atoms. The average Bonchev–Trinajstić information content (AvgIpc) is 3.14. The molecule has 0 heterocycles. The zero-order valence-electron chi connectivity index (χ0n) is 16.7. The molecule has 148 valence electrons. The SMILES string of the molecule is CCOc1cc(C)ccc1CNC(=NC)NCCN(C)C1CCCC1.I. The molecule has 0 amide bonds. The lowest BCUT2D eigenvalue weighted by Gasteiger charge is -2.24. The predicted molar refractivity (Wildman–Crippen MR) is 121 cm³/mol. The number of halogens is 1. The fraction of sp³-hybridized carbons (Fsp3) is 0.650. The van der Waals surface area contributed by atoms with Crippen LogP contribution in [0.3, 0.4) is 0 Å². The van der Waals surface area contributed by atoms with E-state index in [9.17, 15) is 0 Å². The van der Waals surface area contributed by atoms with Gasteiger partial charge < -0.3 is 20.3 Å². The van der Waals surface area contributed by atoms with Crippen molar-refractivity contribution in [1.82, 2.24) is 15.5 Å². The van der Waals surface area contributed by atoms with E-state index in [0.29, 0.717) is 13.2 Å². The summed E-state index contributed by atoms with van der Waals surface area (Å²) in [5, 5.41) is 6.80. The molecule has 1 fully saturated rings. The van der Waals surface area contributed by atoms with Gasteiger partial charge in [0.15, 0.2) is 5.96 Å². The first-order chi connectivity index (χ1) is 12.1. The molecule has 0 unspecified atom stereocenters. The highest BCUT2D eigenvalue weighted by Gasteiger charge is 2.18. The molecule has 0 atom stereocenters. The van der Waals surface area contributed by atoms with E-state index >= 15 is 0 Å². The number of likely N-dealkylation sites (N-methyl/N-ethyl adjacent to an activating group) is 1. The zero-order chi connectivity index (χ0) is 18.1. The molecule has 1 aromatic carbocycles. The molecule has 1 saturated carbocycles. The average molecular weight is 474 g/mol. The summed E-state index contributed by atoms with van der Waals surface area (Å²) in [5.74, 6) is 1.79. The van der Waals surface area contributed by atoms with Gasteiger partial charge in [-0.2, -0.15) is 0 Å². The second-order valence-corrected chi connectivity index (χ2v) is 6.82. The van der Waals surface area contributed by atoms with Gasteiger partial charge in [0.05, 0.1) is 6.61 Å². The van der Waals surface area contributed by atoms with E-state index < -0.39 is 0 Å². The quantitative estimate of drug-likeness (QED) is 0.344. The van der Waals surface area contributed by atoms with Crippen LogP contribution in [-0.2, 0) is 6.54 Å². The third-order valence-electron chi connectivity index (χ3n) is 4.90. The molecular formula is C20H35IN4O. The number of ether oxygens (including phenoxy) is 1. The van der Waals surface area contributed by atoms with Crippen LogP contribution in [0.1, 0.15) is 43.7 Å². The van der Waals surface area contributed by atoms with Crippen LogP contribution in [0.2, 0.25) is 0 Å². The van der Waals surface area contributed by atoms with E-state index in [4.69, 9.17) is 4.74 Å². The summed E-state index contributed by atoms with van der Waals surface area (Å²) in [7, 11) is 4.04. The molecule has 1 aliphatic rings. The number of hydrogen-bond donors (Lipinski definition) is 2. The first-order valence-electron chi connectivity index (χ1n) is 9.51. The number of nitrogens with zero attached hydrogens (tertiary/aromatic N) is 2. The summed E-state index contributed by atoms with van der Waals surface area (Å²) in [6.45, 7) is 7.42. The maximum Gasteiger partial charge on any atom is 0.191 e. The smallest absolute Gasteiger partial charge is 0.191 e. The van der Waals surface area contributed by atoms with Crippen molar-refractivity contribution in [2.45, 2.75) is 52.1 Å². The summed E-state index contributed by atoms with van der Waals surface area (Å²) in [6, 6.07) is 7.09. The Morgan fingerprint density at radius 2 is 2.00 bits per heavy atom. The molecule has 1 aliphatic carbocycles. The van der Waals surface area contributed by atoms with Gasteiger partial charge in [-0.15, -0.1) is 24.0 Å². The van der Waals surface area contributed by atoms with Crippen molar-refractivity contribution in [1.29, 1.82) is 0 Å². The zero-order valence-corrected chi connectivity index (χ0v) is 19.0. The van der Waals surface area contributed by atoms with Crippen LogP contribution in [0, 0.1) is 6.92 Å². The predicted octanol–water partition coefficient (Wildman–Crippen LogP) is 3.55. The maximum atomic E-state index is 5.75. The maximum absolute atomic E-state index is 5.75. The number of benzene rings is 1. The van der Waals surface area contributed by atoms with Gasteiger partial charge in [-0.25, -0.2) is 0 Å². The number of nitrogens with one attached hydrogen (secondary N) is 2. The first kappa shape index (κ1) is 23.0. The van der Waals surface area contributed by atoms with E-state index in [-0.39, 0.29) is 24.0 Å². The van der Waals surface area contributed by atoms with Crippen LogP contribution < -0.4 is 15.4 Å². The van der Waals surface area contributed by atoms with Gasteiger partial charge in [0.25, 0.3) is 0 Å². The Morgan fingerprint density at radius 1 is 1.27 bits per heavy atom. The van der Waals surface area contributed by atoms with Crippen LogP contribution in [0.4, 0.5) is 0 Å². The summed E-state index contributed by atoms with van der Waals surface area (Å²) in [4.78, 5) is 6.80. The highest BCUT2D eigenvalue weighted by molar-refractivity contribution is 14.0. The highest BCUT2D eigenvalue weighted by atomic mass is 127. The minimum absolute atomic E-state index is 0. The third-order valence-corrected chi connectivity index (χ3v) is 4.90. The second-order valence-electron chi connectivity index (χ2n) is 6.82. The van der Waals surface area contributed by atoms with Crippen molar-refractivity contribution >= 4 is 29.9 Å². The number of aryl methyl sites for hydroxylation is 1. The Morgan fingerprint density at radius 3 is 2.65 bits per heavy atom. The van der Waals surface area contributed by atoms with Gasteiger partial charge in [-0.3, -0.25) is 4.99 Å². The van der Waals surface area contributed by atoms with Gasteiger partial charge in [0.2, 0.25) is 0 Å². The molecule has 0 saturated heterocycles. The second kappa shape index (κ2) is 12.4. The normalized spacial score (nSPS) is 15.0. The molecule has 0 aromatic heterocycles. The minimum Gasteiger partial charge on any atom is -0.494 e. The third kappa shape index (κ3) is 7.31. The fourth-order valence-corrected chi connectivity index (χ4v) is 3.38. The topological polar surface area (TPSA) is 48.9 Å². The Labute approximate surface area is 176 Å². The lowest BCUT2D eigenvalue weighted by atomic mass is 10.1. The van der Waals surface area contributed by atoms with Crippen LogP contribution >= 0.6 is 24.0 Å². The van der Waals surface area contributed by atoms with Crippen molar-refractivity contribution in [2.24, 2.45) is 4.99 Å². The Hall–Kier alpha value is -1.02. The van der Waals surface area contributed by atoms with Crippen LogP contribution in [0.5, 0.6) is 5.75 Å².